The number of aryl methyl sites for hydroxylation is 1. The van der Waals surface area contributed by atoms with Crippen LogP contribution < -0.4 is 4.74 Å². The standard InChI is InChI=1S/C11H17NO2/c1-3-4-7-14-11-6-5-10(8-13)9(2)12-11/h5-6,13H,3-4,7-8H2,1-2H3. The van der Waals surface area contributed by atoms with E-state index in [-0.39, 0.29) is 6.61 Å². The minimum absolute atomic E-state index is 0.0358. The van der Waals surface area contributed by atoms with Crippen molar-refractivity contribution in [1.29, 1.82) is 0 Å². The molecule has 0 bridgehead atoms. The molecule has 0 saturated heterocycles. The Bertz CT molecular complexity index is 287. The average Bonchev–Trinajstić information content (AvgIpc) is 2.18. The fourth-order valence-electron chi connectivity index (χ4n) is 1.14. The zero-order valence-corrected chi connectivity index (χ0v) is 8.79. The van der Waals surface area contributed by atoms with Gasteiger partial charge in [0.05, 0.1) is 13.2 Å². The lowest BCUT2D eigenvalue weighted by molar-refractivity contribution is 0.277. The molecule has 0 aliphatic carbocycles. The van der Waals surface area contributed by atoms with Gasteiger partial charge in [0, 0.05) is 11.8 Å². The molecule has 0 unspecified atom stereocenters. The van der Waals surface area contributed by atoms with E-state index in [1.165, 1.54) is 0 Å². The lowest BCUT2D eigenvalue weighted by atomic mass is 10.2. The Morgan fingerprint density at radius 2 is 2.21 bits per heavy atom. The fourth-order valence-corrected chi connectivity index (χ4v) is 1.14. The van der Waals surface area contributed by atoms with E-state index in [1.54, 1.807) is 6.07 Å². The molecule has 78 valence electrons. The van der Waals surface area contributed by atoms with E-state index in [1.807, 2.05) is 13.0 Å². The average molecular weight is 195 g/mol. The van der Waals surface area contributed by atoms with Gasteiger partial charge in [-0.25, -0.2) is 4.98 Å². The summed E-state index contributed by atoms with van der Waals surface area (Å²) in [5, 5.41) is 8.94. The Hall–Kier alpha value is -1.09. The quantitative estimate of drug-likeness (QED) is 0.731. The van der Waals surface area contributed by atoms with E-state index in [4.69, 9.17) is 9.84 Å². The lowest BCUT2D eigenvalue weighted by Gasteiger charge is -2.06. The van der Waals surface area contributed by atoms with Crippen molar-refractivity contribution in [1.82, 2.24) is 4.98 Å². The number of pyridine rings is 1. The second kappa shape index (κ2) is 5.60. The van der Waals surface area contributed by atoms with Crippen LogP contribution >= 0.6 is 0 Å². The first-order valence-electron chi connectivity index (χ1n) is 4.98. The van der Waals surface area contributed by atoms with E-state index in [2.05, 4.69) is 11.9 Å². The van der Waals surface area contributed by atoms with Gasteiger partial charge in [-0.1, -0.05) is 13.3 Å². The number of nitrogens with zero attached hydrogens (tertiary/aromatic N) is 1. The van der Waals surface area contributed by atoms with Crippen LogP contribution in [0.15, 0.2) is 12.1 Å². The van der Waals surface area contributed by atoms with Gasteiger partial charge < -0.3 is 9.84 Å². The van der Waals surface area contributed by atoms with Gasteiger partial charge in [0.1, 0.15) is 0 Å². The Balaban J connectivity index is 2.57. The van der Waals surface area contributed by atoms with Crippen LogP contribution in [0.3, 0.4) is 0 Å². The molecule has 0 spiro atoms. The molecule has 1 heterocycles. The van der Waals surface area contributed by atoms with E-state index >= 15 is 0 Å². The molecule has 0 aromatic carbocycles. The molecule has 0 atom stereocenters. The van der Waals surface area contributed by atoms with Crippen LogP contribution in [0.4, 0.5) is 0 Å². The first-order valence-corrected chi connectivity index (χ1v) is 4.98. The zero-order valence-electron chi connectivity index (χ0n) is 8.79. The highest BCUT2D eigenvalue weighted by atomic mass is 16.5. The molecular weight excluding hydrogens is 178 g/mol. The van der Waals surface area contributed by atoms with Gasteiger partial charge in [-0.05, 0) is 25.0 Å². The van der Waals surface area contributed by atoms with Crippen LogP contribution in [0.2, 0.25) is 0 Å². The van der Waals surface area contributed by atoms with Crippen LogP contribution in [0.25, 0.3) is 0 Å². The van der Waals surface area contributed by atoms with Crippen LogP contribution in [0.1, 0.15) is 31.0 Å². The molecule has 3 heteroatoms. The molecule has 0 aliphatic heterocycles. The third-order valence-corrected chi connectivity index (χ3v) is 2.09. The topological polar surface area (TPSA) is 42.4 Å². The second-order valence-electron chi connectivity index (χ2n) is 3.25. The van der Waals surface area contributed by atoms with E-state index in [0.29, 0.717) is 12.5 Å². The van der Waals surface area contributed by atoms with E-state index < -0.39 is 0 Å². The number of rotatable bonds is 5. The van der Waals surface area contributed by atoms with Gasteiger partial charge in [0.15, 0.2) is 0 Å². The summed E-state index contributed by atoms with van der Waals surface area (Å²) in [6.07, 6.45) is 2.16. The predicted octanol–water partition coefficient (Wildman–Crippen LogP) is 2.06. The van der Waals surface area contributed by atoms with Crippen molar-refractivity contribution in [3.63, 3.8) is 0 Å². The van der Waals surface area contributed by atoms with Crippen LogP contribution in [0.5, 0.6) is 5.88 Å². The number of aromatic nitrogens is 1. The first kappa shape index (κ1) is 11.0. The van der Waals surface area contributed by atoms with Gasteiger partial charge in [-0.2, -0.15) is 0 Å². The summed E-state index contributed by atoms with van der Waals surface area (Å²) in [7, 11) is 0. The smallest absolute Gasteiger partial charge is 0.213 e. The van der Waals surface area contributed by atoms with Crippen LogP contribution in [-0.4, -0.2) is 16.7 Å². The van der Waals surface area contributed by atoms with Gasteiger partial charge in [-0.15, -0.1) is 0 Å². The highest BCUT2D eigenvalue weighted by molar-refractivity contribution is 5.24. The first-order chi connectivity index (χ1) is 6.77. The van der Waals surface area contributed by atoms with E-state index in [9.17, 15) is 0 Å². The molecule has 0 saturated carbocycles. The maximum atomic E-state index is 8.94. The largest absolute Gasteiger partial charge is 0.478 e. The van der Waals surface area contributed by atoms with Gasteiger partial charge in [0.25, 0.3) is 0 Å². The highest BCUT2D eigenvalue weighted by Crippen LogP contribution is 2.12. The SMILES string of the molecule is CCCCOc1ccc(CO)c(C)n1. The third-order valence-electron chi connectivity index (χ3n) is 2.09. The monoisotopic (exact) mass is 195 g/mol. The molecule has 14 heavy (non-hydrogen) atoms. The van der Waals surface area contributed by atoms with Crippen molar-refractivity contribution in [3.05, 3.63) is 23.4 Å². The van der Waals surface area contributed by atoms with Gasteiger partial charge >= 0.3 is 0 Å². The summed E-state index contributed by atoms with van der Waals surface area (Å²) in [6, 6.07) is 3.65. The predicted molar refractivity (Wildman–Crippen MR) is 55.3 cm³/mol. The summed E-state index contributed by atoms with van der Waals surface area (Å²) in [5.41, 5.74) is 1.69. The Labute approximate surface area is 84.7 Å². The number of aliphatic hydroxyl groups is 1. The zero-order chi connectivity index (χ0) is 10.4. The molecule has 1 rings (SSSR count). The van der Waals surface area contributed by atoms with Crippen molar-refractivity contribution >= 4 is 0 Å². The van der Waals surface area contributed by atoms with Crippen molar-refractivity contribution in [3.8, 4) is 5.88 Å². The van der Waals surface area contributed by atoms with Crippen molar-refractivity contribution in [2.75, 3.05) is 6.61 Å². The maximum Gasteiger partial charge on any atom is 0.213 e. The molecule has 1 aromatic rings. The van der Waals surface area contributed by atoms with Crippen LogP contribution in [-0.2, 0) is 6.61 Å². The molecule has 1 N–H and O–H groups in total. The molecular formula is C11H17NO2. The highest BCUT2D eigenvalue weighted by Gasteiger charge is 2.00. The number of aliphatic hydroxyl groups excluding tert-OH is 1. The molecule has 0 aliphatic rings. The number of hydrogen-bond acceptors (Lipinski definition) is 3. The number of hydrogen-bond donors (Lipinski definition) is 1. The summed E-state index contributed by atoms with van der Waals surface area (Å²) in [5.74, 6) is 0.646. The maximum absolute atomic E-state index is 8.94. The normalized spacial score (nSPS) is 10.2. The third kappa shape index (κ3) is 3.00. The van der Waals surface area contributed by atoms with Gasteiger partial charge in [-0.3, -0.25) is 0 Å². The fraction of sp³-hybridized carbons (Fsp3) is 0.545. The Morgan fingerprint density at radius 3 is 2.79 bits per heavy atom. The minimum Gasteiger partial charge on any atom is -0.478 e. The molecule has 0 fully saturated rings. The minimum atomic E-state index is 0.0358. The summed E-state index contributed by atoms with van der Waals surface area (Å²) < 4.78 is 5.43. The molecule has 0 amide bonds. The molecule has 0 radical (unpaired) electrons. The van der Waals surface area contributed by atoms with Crippen molar-refractivity contribution < 1.29 is 9.84 Å². The lowest BCUT2D eigenvalue weighted by Crippen LogP contribution is -2.00. The Morgan fingerprint density at radius 1 is 1.43 bits per heavy atom. The van der Waals surface area contributed by atoms with Crippen molar-refractivity contribution in [2.24, 2.45) is 0 Å². The van der Waals surface area contributed by atoms with E-state index in [0.717, 1.165) is 24.1 Å². The number of unbranched alkanes of at least 4 members (excludes halogenated alkanes) is 1. The Kier molecular flexibility index (Phi) is 4.40. The van der Waals surface area contributed by atoms with Crippen LogP contribution in [0, 0.1) is 6.92 Å². The van der Waals surface area contributed by atoms with Crippen molar-refractivity contribution in [2.45, 2.75) is 33.3 Å². The summed E-state index contributed by atoms with van der Waals surface area (Å²) in [6.45, 7) is 4.74. The van der Waals surface area contributed by atoms with Gasteiger partial charge in [0.2, 0.25) is 5.88 Å². The second-order valence-corrected chi connectivity index (χ2v) is 3.25. The molecule has 1 aromatic heterocycles. The molecule has 3 nitrogen and oxygen atoms in total. The summed E-state index contributed by atoms with van der Waals surface area (Å²) >= 11 is 0. The summed E-state index contributed by atoms with van der Waals surface area (Å²) in [4.78, 5) is 4.23. The number of ether oxygens (including phenoxy) is 1.